The molecule has 0 radical (unpaired) electrons. The first-order chi connectivity index (χ1) is 10.0. The van der Waals surface area contributed by atoms with Crippen LogP contribution in [0.4, 0.5) is 0 Å². The first-order valence-electron chi connectivity index (χ1n) is 6.11. The summed E-state index contributed by atoms with van der Waals surface area (Å²) in [6.07, 6.45) is 6.68. The van der Waals surface area contributed by atoms with E-state index in [1.54, 1.807) is 47.2 Å². The number of nitrogens with one attached hydrogen (secondary N) is 1. The Morgan fingerprint density at radius 3 is 2.95 bits per heavy atom. The molecule has 3 rings (SSSR count). The number of nitrogens with zero attached hydrogens (tertiary/aromatic N) is 4. The van der Waals surface area contributed by atoms with Crippen molar-refractivity contribution < 1.29 is 4.79 Å². The Hall–Kier alpha value is -2.05. The summed E-state index contributed by atoms with van der Waals surface area (Å²) in [4.78, 5) is 18.2. The fraction of sp³-hybridized carbons (Fsp3) is 0.154. The van der Waals surface area contributed by atoms with Crippen LogP contribution in [0.1, 0.15) is 16.1 Å². The number of H-pyrrole nitrogens is 1. The number of halogens is 2. The van der Waals surface area contributed by atoms with Crippen molar-refractivity contribution in [3.63, 3.8) is 0 Å². The molecule has 0 saturated carbocycles. The van der Waals surface area contributed by atoms with E-state index in [-0.39, 0.29) is 5.91 Å². The van der Waals surface area contributed by atoms with Crippen LogP contribution >= 0.6 is 23.2 Å². The van der Waals surface area contributed by atoms with Crippen molar-refractivity contribution in [3.8, 4) is 0 Å². The number of aromatic nitrogens is 4. The van der Waals surface area contributed by atoms with Gasteiger partial charge in [-0.15, -0.1) is 0 Å². The lowest BCUT2D eigenvalue weighted by molar-refractivity contribution is 0.0780. The van der Waals surface area contributed by atoms with Crippen molar-refractivity contribution >= 4 is 34.8 Å². The van der Waals surface area contributed by atoms with Crippen molar-refractivity contribution in [2.45, 2.75) is 6.54 Å². The van der Waals surface area contributed by atoms with Crippen LogP contribution in [0.15, 0.2) is 30.9 Å². The topological polar surface area (TPSA) is 66.3 Å². The summed E-state index contributed by atoms with van der Waals surface area (Å²) in [7, 11) is 1.70. The molecule has 0 atom stereocenters. The molecule has 3 heterocycles. The minimum Gasteiger partial charge on any atom is -0.336 e. The number of aromatic amines is 1. The molecule has 0 aromatic carbocycles. The highest BCUT2D eigenvalue weighted by Gasteiger charge is 2.17. The second-order valence-corrected chi connectivity index (χ2v) is 5.47. The SMILES string of the molecule is CN(Cc1cn[nH]c1)C(=O)c1cn2cc(Cl)cc(Cl)c2n1. The van der Waals surface area contributed by atoms with Crippen LogP contribution in [0.2, 0.25) is 10.0 Å². The number of fused-ring (bicyclic) bond motifs is 1. The van der Waals surface area contributed by atoms with Gasteiger partial charge >= 0.3 is 0 Å². The molecule has 1 N–H and O–H groups in total. The summed E-state index contributed by atoms with van der Waals surface area (Å²) in [5, 5.41) is 7.44. The van der Waals surface area contributed by atoms with Crippen molar-refractivity contribution in [2.24, 2.45) is 0 Å². The number of hydrogen-bond donors (Lipinski definition) is 1. The second-order valence-electron chi connectivity index (χ2n) is 4.63. The average Bonchev–Trinajstić information content (AvgIpc) is 3.06. The molecule has 0 bridgehead atoms. The standard InChI is InChI=1S/C13H11Cl2N5O/c1-19(5-8-3-16-17-4-8)13(21)11-7-20-6-9(14)2-10(15)12(20)18-11/h2-4,6-7H,5H2,1H3,(H,16,17). The van der Waals surface area contributed by atoms with E-state index in [2.05, 4.69) is 15.2 Å². The molecule has 0 saturated heterocycles. The fourth-order valence-corrected chi connectivity index (χ4v) is 2.56. The Kier molecular flexibility index (Phi) is 3.57. The number of amides is 1. The van der Waals surface area contributed by atoms with Crippen LogP contribution in [-0.4, -0.2) is 37.4 Å². The van der Waals surface area contributed by atoms with Gasteiger partial charge in [0.15, 0.2) is 5.65 Å². The van der Waals surface area contributed by atoms with Gasteiger partial charge in [-0.1, -0.05) is 23.2 Å². The number of carbonyl (C=O) groups is 1. The predicted molar refractivity (Wildman–Crippen MR) is 79.6 cm³/mol. The lowest BCUT2D eigenvalue weighted by Crippen LogP contribution is -2.26. The third-order valence-electron chi connectivity index (χ3n) is 3.01. The second kappa shape index (κ2) is 5.38. The lowest BCUT2D eigenvalue weighted by Gasteiger charge is -2.14. The van der Waals surface area contributed by atoms with E-state index in [1.165, 1.54) is 0 Å². The molecule has 0 spiro atoms. The monoisotopic (exact) mass is 323 g/mol. The molecule has 6 nitrogen and oxygen atoms in total. The molecular weight excluding hydrogens is 313 g/mol. The van der Waals surface area contributed by atoms with Gasteiger partial charge in [-0.2, -0.15) is 5.10 Å². The smallest absolute Gasteiger partial charge is 0.274 e. The molecule has 1 amide bonds. The fourth-order valence-electron chi connectivity index (χ4n) is 2.03. The maximum Gasteiger partial charge on any atom is 0.274 e. The van der Waals surface area contributed by atoms with Gasteiger partial charge in [-0.3, -0.25) is 9.89 Å². The number of hydrogen-bond acceptors (Lipinski definition) is 3. The molecule has 3 aromatic rings. The third kappa shape index (κ3) is 2.72. The van der Waals surface area contributed by atoms with Crippen molar-refractivity contribution in [2.75, 3.05) is 7.05 Å². The number of imidazole rings is 1. The Bertz CT molecular complexity index is 796. The Labute approximate surface area is 130 Å². The van der Waals surface area contributed by atoms with Crippen LogP contribution in [0.25, 0.3) is 5.65 Å². The van der Waals surface area contributed by atoms with Crippen LogP contribution in [0.3, 0.4) is 0 Å². The van der Waals surface area contributed by atoms with Gasteiger partial charge in [-0.25, -0.2) is 4.98 Å². The highest BCUT2D eigenvalue weighted by Crippen LogP contribution is 2.22. The van der Waals surface area contributed by atoms with E-state index < -0.39 is 0 Å². The first-order valence-corrected chi connectivity index (χ1v) is 6.87. The normalized spacial score (nSPS) is 11.0. The Morgan fingerprint density at radius 1 is 1.43 bits per heavy atom. The van der Waals surface area contributed by atoms with Gasteiger partial charge in [0.2, 0.25) is 0 Å². The molecular formula is C13H11Cl2N5O. The third-order valence-corrected chi connectivity index (χ3v) is 3.50. The Balaban J connectivity index is 1.89. The van der Waals surface area contributed by atoms with Crippen LogP contribution in [0, 0.1) is 0 Å². The highest BCUT2D eigenvalue weighted by atomic mass is 35.5. The van der Waals surface area contributed by atoms with Gasteiger partial charge in [0.25, 0.3) is 5.91 Å². The summed E-state index contributed by atoms with van der Waals surface area (Å²) < 4.78 is 1.64. The molecule has 0 aliphatic rings. The summed E-state index contributed by atoms with van der Waals surface area (Å²) in [5.41, 5.74) is 1.72. The number of rotatable bonds is 3. The summed E-state index contributed by atoms with van der Waals surface area (Å²) in [6.45, 7) is 0.442. The molecule has 3 aromatic heterocycles. The van der Waals surface area contributed by atoms with E-state index in [0.29, 0.717) is 27.9 Å². The molecule has 0 unspecified atom stereocenters. The van der Waals surface area contributed by atoms with Gasteiger partial charge < -0.3 is 9.30 Å². The predicted octanol–water partition coefficient (Wildman–Crippen LogP) is 2.64. The zero-order chi connectivity index (χ0) is 15.0. The van der Waals surface area contributed by atoms with E-state index in [9.17, 15) is 4.79 Å². The Morgan fingerprint density at radius 2 is 2.24 bits per heavy atom. The summed E-state index contributed by atoms with van der Waals surface area (Å²) in [5.74, 6) is -0.202. The number of pyridine rings is 1. The van der Waals surface area contributed by atoms with Crippen LogP contribution in [-0.2, 0) is 6.54 Å². The van der Waals surface area contributed by atoms with Gasteiger partial charge in [0.05, 0.1) is 16.2 Å². The summed E-state index contributed by atoms with van der Waals surface area (Å²) >= 11 is 12.0. The van der Waals surface area contributed by atoms with Crippen molar-refractivity contribution in [1.29, 1.82) is 0 Å². The van der Waals surface area contributed by atoms with E-state index >= 15 is 0 Å². The van der Waals surface area contributed by atoms with Crippen molar-refractivity contribution in [3.05, 3.63) is 52.2 Å². The van der Waals surface area contributed by atoms with E-state index in [4.69, 9.17) is 23.2 Å². The van der Waals surface area contributed by atoms with E-state index in [0.717, 1.165) is 5.56 Å². The number of carbonyl (C=O) groups excluding carboxylic acids is 1. The van der Waals surface area contributed by atoms with Gasteiger partial charge in [0, 0.05) is 37.7 Å². The van der Waals surface area contributed by atoms with Gasteiger partial charge in [0.1, 0.15) is 5.69 Å². The maximum atomic E-state index is 12.4. The minimum atomic E-state index is -0.202. The molecule has 8 heteroatoms. The maximum absolute atomic E-state index is 12.4. The quantitative estimate of drug-likeness (QED) is 0.805. The minimum absolute atomic E-state index is 0.202. The van der Waals surface area contributed by atoms with Crippen molar-refractivity contribution in [1.82, 2.24) is 24.5 Å². The van der Waals surface area contributed by atoms with E-state index in [1.807, 2.05) is 0 Å². The largest absolute Gasteiger partial charge is 0.336 e. The molecule has 0 aliphatic heterocycles. The van der Waals surface area contributed by atoms with Gasteiger partial charge in [-0.05, 0) is 6.07 Å². The summed E-state index contributed by atoms with van der Waals surface area (Å²) in [6, 6.07) is 1.59. The molecule has 0 aliphatic carbocycles. The molecule has 21 heavy (non-hydrogen) atoms. The molecule has 108 valence electrons. The first kappa shape index (κ1) is 13.9. The average molecular weight is 324 g/mol. The zero-order valence-electron chi connectivity index (χ0n) is 11.0. The van der Waals surface area contributed by atoms with Crippen LogP contribution < -0.4 is 0 Å². The highest BCUT2D eigenvalue weighted by molar-refractivity contribution is 6.36. The lowest BCUT2D eigenvalue weighted by atomic mass is 10.3. The zero-order valence-corrected chi connectivity index (χ0v) is 12.6. The molecule has 0 fully saturated rings. The van der Waals surface area contributed by atoms with Crippen LogP contribution in [0.5, 0.6) is 0 Å².